The van der Waals surface area contributed by atoms with Crippen LogP contribution in [0.2, 0.25) is 0 Å². The maximum Gasteiger partial charge on any atom is 0.325 e. The van der Waals surface area contributed by atoms with E-state index < -0.39 is 11.4 Å². The lowest BCUT2D eigenvalue weighted by Gasteiger charge is -2.25. The number of carbonyl (C=O) groups is 2. The number of nitrogens with zero attached hydrogens (tertiary/aromatic N) is 3. The van der Waals surface area contributed by atoms with Crippen LogP contribution in [0.3, 0.4) is 0 Å². The molecule has 0 spiro atoms. The number of hydrogen-bond acceptors (Lipinski definition) is 3. The van der Waals surface area contributed by atoms with E-state index >= 15 is 0 Å². The Kier molecular flexibility index (Phi) is 4.16. The smallest absolute Gasteiger partial charge is 0.325 e. The minimum absolute atomic E-state index is 0.115. The van der Waals surface area contributed by atoms with Crippen molar-refractivity contribution in [3.63, 3.8) is 0 Å². The lowest BCUT2D eigenvalue weighted by atomic mass is 9.92. The number of anilines is 1. The van der Waals surface area contributed by atoms with Crippen LogP contribution in [-0.4, -0.2) is 60.0 Å². The second-order valence-corrected chi connectivity index (χ2v) is 8.93. The Labute approximate surface area is 166 Å². The van der Waals surface area contributed by atoms with Crippen LogP contribution in [0.25, 0.3) is 0 Å². The second-order valence-electron chi connectivity index (χ2n) is 8.93. The van der Waals surface area contributed by atoms with Gasteiger partial charge in [-0.25, -0.2) is 4.79 Å². The van der Waals surface area contributed by atoms with Gasteiger partial charge in [0.2, 0.25) is 5.91 Å². The van der Waals surface area contributed by atoms with Gasteiger partial charge in [-0.2, -0.15) is 0 Å². The maximum atomic E-state index is 12.9. The Balaban J connectivity index is 1.30. The molecule has 3 aliphatic heterocycles. The molecule has 0 unspecified atom stereocenters. The van der Waals surface area contributed by atoms with E-state index in [-0.39, 0.29) is 6.03 Å². The molecule has 6 heteroatoms. The van der Waals surface area contributed by atoms with Crippen LogP contribution in [0.15, 0.2) is 24.3 Å². The van der Waals surface area contributed by atoms with Crippen molar-refractivity contribution in [2.75, 3.05) is 37.6 Å². The summed E-state index contributed by atoms with van der Waals surface area (Å²) in [5.74, 6) is -0.434. The summed E-state index contributed by atoms with van der Waals surface area (Å²) in [5.41, 5.74) is 7.29. The van der Waals surface area contributed by atoms with E-state index in [1.807, 2.05) is 18.6 Å². The summed E-state index contributed by atoms with van der Waals surface area (Å²) in [5, 5.41) is 0. The molecule has 28 heavy (non-hydrogen) atoms. The molecule has 1 radical (unpaired) electrons. The quantitative estimate of drug-likeness (QED) is 0.822. The highest BCUT2D eigenvalue weighted by Gasteiger charge is 2.57. The molecule has 3 saturated heterocycles. The molecule has 1 aromatic rings. The topological polar surface area (TPSA) is 69.9 Å². The molecule has 3 amide bonds. The number of likely N-dealkylation sites (tertiary alicyclic amines) is 1. The standard InChI is InChI=1S/C22H29N4O2/c23-19(27)22-8-3-14-26(22)20(28)25(16-22)18-6-4-17(5-7-18)21(9-10-21)11-15-24-12-1-2-13-24/h4-8H,1-3,9-16H2,(H2,23,27)/t22-/m1/s1. The number of fused-ring (bicyclic) bond motifs is 1. The molecule has 0 bridgehead atoms. The van der Waals surface area contributed by atoms with Crippen LogP contribution in [0, 0.1) is 6.42 Å². The van der Waals surface area contributed by atoms with E-state index in [0.717, 1.165) is 12.1 Å². The summed E-state index contributed by atoms with van der Waals surface area (Å²) in [6.45, 7) is 4.58. The Bertz CT molecular complexity index is 782. The van der Waals surface area contributed by atoms with Gasteiger partial charge in [0, 0.05) is 18.7 Å². The summed E-state index contributed by atoms with van der Waals surface area (Å²) in [4.78, 5) is 30.8. The molecule has 1 aliphatic carbocycles. The van der Waals surface area contributed by atoms with Gasteiger partial charge in [0.15, 0.2) is 0 Å². The molecule has 4 fully saturated rings. The van der Waals surface area contributed by atoms with Crippen molar-refractivity contribution in [2.45, 2.75) is 49.5 Å². The van der Waals surface area contributed by atoms with Gasteiger partial charge in [-0.1, -0.05) is 12.1 Å². The zero-order valence-electron chi connectivity index (χ0n) is 16.4. The van der Waals surface area contributed by atoms with Crippen molar-refractivity contribution in [2.24, 2.45) is 5.73 Å². The number of amides is 3. The van der Waals surface area contributed by atoms with E-state index in [4.69, 9.17) is 5.73 Å². The van der Waals surface area contributed by atoms with E-state index in [0.29, 0.717) is 18.5 Å². The van der Waals surface area contributed by atoms with Crippen LogP contribution >= 0.6 is 0 Å². The van der Waals surface area contributed by atoms with E-state index in [1.54, 1.807) is 9.80 Å². The summed E-state index contributed by atoms with van der Waals surface area (Å²) in [6.07, 6.45) is 9.05. The van der Waals surface area contributed by atoms with Gasteiger partial charge in [-0.3, -0.25) is 9.69 Å². The Morgan fingerprint density at radius 2 is 1.79 bits per heavy atom. The van der Waals surface area contributed by atoms with Crippen molar-refractivity contribution in [3.8, 4) is 0 Å². The fourth-order valence-electron chi connectivity index (χ4n) is 5.33. The fraction of sp³-hybridized carbons (Fsp3) is 0.591. The minimum Gasteiger partial charge on any atom is -0.368 e. The van der Waals surface area contributed by atoms with Gasteiger partial charge in [0.25, 0.3) is 0 Å². The maximum absolute atomic E-state index is 12.9. The molecule has 149 valence electrons. The van der Waals surface area contributed by atoms with Crippen molar-refractivity contribution >= 4 is 17.6 Å². The largest absolute Gasteiger partial charge is 0.368 e. The molecule has 0 aromatic heterocycles. The summed E-state index contributed by atoms with van der Waals surface area (Å²) in [7, 11) is 0. The van der Waals surface area contributed by atoms with Crippen molar-refractivity contribution < 1.29 is 9.59 Å². The third-order valence-corrected chi connectivity index (χ3v) is 7.35. The predicted molar refractivity (Wildman–Crippen MR) is 108 cm³/mol. The third kappa shape index (κ3) is 2.72. The zero-order valence-corrected chi connectivity index (χ0v) is 16.4. The Morgan fingerprint density at radius 1 is 1.07 bits per heavy atom. The highest BCUT2D eigenvalue weighted by Crippen LogP contribution is 2.51. The van der Waals surface area contributed by atoms with E-state index in [2.05, 4.69) is 17.0 Å². The first kappa shape index (κ1) is 18.0. The number of nitrogens with two attached hydrogens (primary N) is 1. The molecule has 1 atom stereocenters. The third-order valence-electron chi connectivity index (χ3n) is 7.35. The molecule has 5 rings (SSSR count). The van der Waals surface area contributed by atoms with Gasteiger partial charge < -0.3 is 15.5 Å². The summed E-state index contributed by atoms with van der Waals surface area (Å²) in [6, 6.07) is 8.34. The van der Waals surface area contributed by atoms with Crippen LogP contribution in [0.5, 0.6) is 0 Å². The first-order valence-corrected chi connectivity index (χ1v) is 10.6. The van der Waals surface area contributed by atoms with Gasteiger partial charge in [0.1, 0.15) is 5.54 Å². The molecule has 6 nitrogen and oxygen atoms in total. The fourth-order valence-corrected chi connectivity index (χ4v) is 5.33. The number of benzene rings is 1. The second kappa shape index (κ2) is 6.48. The lowest BCUT2D eigenvalue weighted by Crippen LogP contribution is -2.53. The highest BCUT2D eigenvalue weighted by molar-refractivity contribution is 6.04. The number of carbonyl (C=O) groups excluding carboxylic acids is 2. The average Bonchev–Trinajstić information content (AvgIpc) is 3.06. The van der Waals surface area contributed by atoms with Crippen molar-refractivity contribution in [3.05, 3.63) is 36.2 Å². The molecule has 3 heterocycles. The van der Waals surface area contributed by atoms with Crippen molar-refractivity contribution in [1.82, 2.24) is 9.80 Å². The van der Waals surface area contributed by atoms with Crippen LogP contribution < -0.4 is 10.6 Å². The van der Waals surface area contributed by atoms with Gasteiger partial charge in [-0.15, -0.1) is 0 Å². The van der Waals surface area contributed by atoms with E-state index in [9.17, 15) is 9.59 Å². The summed E-state index contributed by atoms with van der Waals surface area (Å²) < 4.78 is 0. The number of hydrogen-bond donors (Lipinski definition) is 1. The molecular weight excluding hydrogens is 352 g/mol. The SMILES string of the molecule is NC(=O)[C@]12[CH]CCN1C(=O)N(c1ccc(C3(CCN4CCCC4)CC3)cc1)C2. The van der Waals surface area contributed by atoms with Crippen molar-refractivity contribution in [1.29, 1.82) is 0 Å². The number of urea groups is 1. The van der Waals surface area contributed by atoms with Crippen LogP contribution in [-0.2, 0) is 10.2 Å². The molecule has 1 saturated carbocycles. The lowest BCUT2D eigenvalue weighted by molar-refractivity contribution is -0.124. The first-order valence-electron chi connectivity index (χ1n) is 10.6. The first-order chi connectivity index (χ1) is 13.5. The van der Waals surface area contributed by atoms with Gasteiger partial charge in [-0.05, 0) is 81.3 Å². The number of rotatable bonds is 6. The van der Waals surface area contributed by atoms with Crippen LogP contribution in [0.1, 0.15) is 44.1 Å². The Hall–Kier alpha value is -2.08. The Morgan fingerprint density at radius 3 is 2.39 bits per heavy atom. The van der Waals surface area contributed by atoms with E-state index in [1.165, 1.54) is 57.3 Å². The average molecular weight is 382 g/mol. The van der Waals surface area contributed by atoms with Gasteiger partial charge in [0.05, 0.1) is 6.54 Å². The predicted octanol–water partition coefficient (Wildman–Crippen LogP) is 2.28. The molecule has 4 aliphatic rings. The molecule has 1 aromatic carbocycles. The minimum atomic E-state index is -0.941. The molecule has 2 N–H and O–H groups in total. The zero-order chi connectivity index (χ0) is 19.4. The number of primary amides is 1. The summed E-state index contributed by atoms with van der Waals surface area (Å²) >= 11 is 0. The highest BCUT2D eigenvalue weighted by atomic mass is 16.2. The normalized spacial score (nSPS) is 28.8. The van der Waals surface area contributed by atoms with Gasteiger partial charge >= 0.3 is 6.03 Å². The monoisotopic (exact) mass is 381 g/mol. The van der Waals surface area contributed by atoms with Crippen LogP contribution in [0.4, 0.5) is 10.5 Å². The molecular formula is C22H29N4O2.